The molecule has 0 unspecified atom stereocenters. The highest BCUT2D eigenvalue weighted by Crippen LogP contribution is 2.19. The monoisotopic (exact) mass is 350 g/mol. The van der Waals surface area contributed by atoms with Crippen LogP contribution < -0.4 is 5.32 Å². The van der Waals surface area contributed by atoms with Crippen LogP contribution in [0.5, 0.6) is 0 Å². The minimum Gasteiger partial charge on any atom is -0.478 e. The van der Waals surface area contributed by atoms with Gasteiger partial charge in [-0.05, 0) is 53.5 Å². The molecule has 0 fully saturated rings. The van der Waals surface area contributed by atoms with E-state index in [1.807, 2.05) is 17.7 Å². The Morgan fingerprint density at radius 1 is 1.33 bits per heavy atom. The Balaban J connectivity index is 2.27. The molecule has 0 saturated heterocycles. The lowest BCUT2D eigenvalue weighted by Crippen LogP contribution is -2.16. The summed E-state index contributed by atoms with van der Waals surface area (Å²) < 4.78 is 2.63. The maximum absolute atomic E-state index is 12.3. The first kappa shape index (κ1) is 15.3. The molecule has 1 aromatic heterocycles. The number of amides is 1. The summed E-state index contributed by atoms with van der Waals surface area (Å²) in [6.45, 7) is 4.33. The van der Waals surface area contributed by atoms with Gasteiger partial charge in [-0.1, -0.05) is 6.07 Å². The largest absolute Gasteiger partial charge is 0.478 e. The Hall–Kier alpha value is -2.08. The molecule has 2 rings (SSSR count). The second-order valence-electron chi connectivity index (χ2n) is 4.62. The van der Waals surface area contributed by atoms with Crippen LogP contribution in [-0.2, 0) is 6.54 Å². The van der Waals surface area contributed by atoms with Crippen LogP contribution in [0.15, 0.2) is 34.9 Å². The van der Waals surface area contributed by atoms with Gasteiger partial charge in [0.15, 0.2) is 0 Å². The number of carbonyl (C=O) groups excluding carboxylic acids is 1. The van der Waals surface area contributed by atoms with Crippen molar-refractivity contribution in [2.75, 3.05) is 5.32 Å². The fourth-order valence-corrected chi connectivity index (χ4v) is 2.52. The zero-order chi connectivity index (χ0) is 15.6. The summed E-state index contributed by atoms with van der Waals surface area (Å²) in [5.74, 6) is -1.29. The Bertz CT molecular complexity index is 707. The number of carboxylic acid groups (broad SMARTS) is 1. The number of nitrogens with one attached hydrogen (secondary N) is 1. The van der Waals surface area contributed by atoms with Gasteiger partial charge in [0.2, 0.25) is 0 Å². The third kappa shape index (κ3) is 3.33. The summed E-state index contributed by atoms with van der Waals surface area (Å²) in [6.07, 6.45) is 1.83. The van der Waals surface area contributed by atoms with Gasteiger partial charge in [-0.2, -0.15) is 0 Å². The first-order valence-corrected chi connectivity index (χ1v) is 7.22. The van der Waals surface area contributed by atoms with Crippen molar-refractivity contribution in [1.29, 1.82) is 0 Å². The quantitative estimate of drug-likeness (QED) is 0.885. The molecule has 0 aliphatic rings. The second kappa shape index (κ2) is 6.13. The molecule has 0 aliphatic heterocycles. The van der Waals surface area contributed by atoms with E-state index in [0.29, 0.717) is 23.5 Å². The number of hydrogen-bond donors (Lipinski definition) is 2. The number of halogens is 1. The minimum atomic E-state index is -1.01. The molecule has 0 radical (unpaired) electrons. The fourth-order valence-electron chi connectivity index (χ4n) is 2.05. The zero-order valence-corrected chi connectivity index (χ0v) is 13.3. The van der Waals surface area contributed by atoms with Gasteiger partial charge in [-0.15, -0.1) is 0 Å². The standard InChI is InChI=1S/C15H15BrN2O3/c1-3-18-8-10(16)6-13(18)14(19)17-11-5-4-9(2)12(7-11)15(20)21/h4-8H,3H2,1-2H3,(H,17,19)(H,20,21). The molecule has 1 aromatic carbocycles. The Labute approximate surface area is 130 Å². The van der Waals surface area contributed by atoms with Gasteiger partial charge in [-0.25, -0.2) is 4.79 Å². The third-order valence-corrected chi connectivity index (χ3v) is 3.60. The van der Waals surface area contributed by atoms with Crippen LogP contribution in [0.4, 0.5) is 5.69 Å². The van der Waals surface area contributed by atoms with E-state index in [4.69, 9.17) is 5.11 Å². The highest BCUT2D eigenvalue weighted by Gasteiger charge is 2.14. The van der Waals surface area contributed by atoms with Crippen LogP contribution in [-0.4, -0.2) is 21.6 Å². The van der Waals surface area contributed by atoms with Crippen LogP contribution in [0, 0.1) is 6.92 Å². The normalized spacial score (nSPS) is 10.4. The zero-order valence-electron chi connectivity index (χ0n) is 11.7. The van der Waals surface area contributed by atoms with Crippen molar-refractivity contribution in [3.8, 4) is 0 Å². The van der Waals surface area contributed by atoms with Crippen molar-refractivity contribution in [2.24, 2.45) is 0 Å². The third-order valence-electron chi connectivity index (χ3n) is 3.16. The van der Waals surface area contributed by atoms with E-state index in [1.54, 1.807) is 25.1 Å². The first-order valence-electron chi connectivity index (χ1n) is 6.43. The number of aromatic nitrogens is 1. The van der Waals surface area contributed by atoms with Crippen LogP contribution in [0.25, 0.3) is 0 Å². The topological polar surface area (TPSA) is 71.3 Å². The van der Waals surface area contributed by atoms with E-state index in [-0.39, 0.29) is 11.5 Å². The summed E-state index contributed by atoms with van der Waals surface area (Å²) in [7, 11) is 0. The van der Waals surface area contributed by atoms with Crippen LogP contribution in [0.3, 0.4) is 0 Å². The molecule has 1 amide bonds. The van der Waals surface area contributed by atoms with E-state index < -0.39 is 5.97 Å². The average molecular weight is 351 g/mol. The van der Waals surface area contributed by atoms with Crippen molar-refractivity contribution in [3.05, 3.63) is 51.8 Å². The molecular formula is C15H15BrN2O3. The Morgan fingerprint density at radius 2 is 2.05 bits per heavy atom. The first-order chi connectivity index (χ1) is 9.92. The van der Waals surface area contributed by atoms with Crippen molar-refractivity contribution in [1.82, 2.24) is 4.57 Å². The van der Waals surface area contributed by atoms with Crippen molar-refractivity contribution >= 4 is 33.5 Å². The maximum atomic E-state index is 12.3. The van der Waals surface area contributed by atoms with Crippen molar-refractivity contribution < 1.29 is 14.7 Å². The van der Waals surface area contributed by atoms with Gasteiger partial charge < -0.3 is 15.0 Å². The van der Waals surface area contributed by atoms with Crippen LogP contribution >= 0.6 is 15.9 Å². The number of aromatic carboxylic acids is 1. The molecule has 0 saturated carbocycles. The fraction of sp³-hybridized carbons (Fsp3) is 0.200. The number of aryl methyl sites for hydroxylation is 2. The molecule has 21 heavy (non-hydrogen) atoms. The van der Waals surface area contributed by atoms with E-state index in [2.05, 4.69) is 21.2 Å². The summed E-state index contributed by atoms with van der Waals surface area (Å²) in [6, 6.07) is 6.55. The Kier molecular flexibility index (Phi) is 4.47. The Morgan fingerprint density at radius 3 is 2.67 bits per heavy atom. The summed E-state index contributed by atoms with van der Waals surface area (Å²) in [5, 5.41) is 11.8. The number of anilines is 1. The lowest BCUT2D eigenvalue weighted by molar-refractivity contribution is 0.0695. The number of nitrogens with zero attached hydrogens (tertiary/aromatic N) is 1. The molecule has 0 spiro atoms. The molecular weight excluding hydrogens is 336 g/mol. The second-order valence-corrected chi connectivity index (χ2v) is 5.53. The van der Waals surface area contributed by atoms with Crippen LogP contribution in [0.1, 0.15) is 33.3 Å². The molecule has 0 atom stereocenters. The van der Waals surface area contributed by atoms with Crippen molar-refractivity contribution in [2.45, 2.75) is 20.4 Å². The van der Waals surface area contributed by atoms with Crippen LogP contribution in [0.2, 0.25) is 0 Å². The van der Waals surface area contributed by atoms with E-state index in [0.717, 1.165) is 4.47 Å². The van der Waals surface area contributed by atoms with Gasteiger partial charge in [-0.3, -0.25) is 4.79 Å². The van der Waals surface area contributed by atoms with E-state index in [9.17, 15) is 9.59 Å². The van der Waals surface area contributed by atoms with Gasteiger partial charge in [0.05, 0.1) is 5.56 Å². The van der Waals surface area contributed by atoms with Gasteiger partial charge >= 0.3 is 5.97 Å². The van der Waals surface area contributed by atoms with E-state index in [1.165, 1.54) is 6.07 Å². The van der Waals surface area contributed by atoms with Crippen molar-refractivity contribution in [3.63, 3.8) is 0 Å². The van der Waals surface area contributed by atoms with Gasteiger partial charge in [0.25, 0.3) is 5.91 Å². The molecule has 6 heteroatoms. The average Bonchev–Trinajstić information content (AvgIpc) is 2.82. The molecule has 5 nitrogen and oxygen atoms in total. The molecule has 0 bridgehead atoms. The number of rotatable bonds is 4. The highest BCUT2D eigenvalue weighted by molar-refractivity contribution is 9.10. The number of carbonyl (C=O) groups is 2. The summed E-state index contributed by atoms with van der Waals surface area (Å²) in [5.41, 5.74) is 1.81. The molecule has 0 aliphatic carbocycles. The predicted octanol–water partition coefficient (Wildman–Crippen LogP) is 3.53. The number of benzene rings is 1. The van der Waals surface area contributed by atoms with Gasteiger partial charge in [0, 0.05) is 22.9 Å². The number of carboxylic acids is 1. The molecule has 1 heterocycles. The van der Waals surface area contributed by atoms with Gasteiger partial charge in [0.1, 0.15) is 5.69 Å². The lowest BCUT2D eigenvalue weighted by Gasteiger charge is -2.09. The van der Waals surface area contributed by atoms with E-state index >= 15 is 0 Å². The summed E-state index contributed by atoms with van der Waals surface area (Å²) in [4.78, 5) is 23.4. The molecule has 2 aromatic rings. The maximum Gasteiger partial charge on any atom is 0.336 e. The summed E-state index contributed by atoms with van der Waals surface area (Å²) >= 11 is 3.34. The number of hydrogen-bond acceptors (Lipinski definition) is 2. The predicted molar refractivity (Wildman–Crippen MR) is 83.9 cm³/mol. The smallest absolute Gasteiger partial charge is 0.336 e. The SMILES string of the molecule is CCn1cc(Br)cc1C(=O)Nc1ccc(C)c(C(=O)O)c1. The minimum absolute atomic E-state index is 0.180. The highest BCUT2D eigenvalue weighted by atomic mass is 79.9. The lowest BCUT2D eigenvalue weighted by atomic mass is 10.1. The molecule has 110 valence electrons. The molecule has 2 N–H and O–H groups in total.